The van der Waals surface area contributed by atoms with Crippen LogP contribution in [0.25, 0.3) is 0 Å². The second kappa shape index (κ2) is 5.43. The lowest BCUT2D eigenvalue weighted by atomic mass is 10.1. The Morgan fingerprint density at radius 2 is 2.11 bits per heavy atom. The molecule has 2 rings (SSSR count). The van der Waals surface area contributed by atoms with E-state index in [1.807, 2.05) is 25.2 Å². The smallest absolute Gasteiger partial charge is 0.103 e. The summed E-state index contributed by atoms with van der Waals surface area (Å²) in [4.78, 5) is 3.34. The number of nitriles is 1. The lowest BCUT2D eigenvalue weighted by Gasteiger charge is -2.27. The van der Waals surface area contributed by atoms with Crippen molar-refractivity contribution < 1.29 is 0 Å². The highest BCUT2D eigenvalue weighted by molar-refractivity contribution is 7.10. The Bertz CT molecular complexity index is 572. The molecule has 0 radical (unpaired) electrons. The van der Waals surface area contributed by atoms with Gasteiger partial charge in [-0.15, -0.1) is 11.3 Å². The van der Waals surface area contributed by atoms with E-state index >= 15 is 0 Å². The van der Waals surface area contributed by atoms with Crippen molar-refractivity contribution in [2.24, 2.45) is 0 Å². The maximum absolute atomic E-state index is 9.20. The minimum absolute atomic E-state index is 0.218. The molecule has 1 heterocycles. The predicted molar refractivity (Wildman–Crippen MR) is 77.3 cm³/mol. The lowest BCUT2D eigenvalue weighted by Crippen LogP contribution is -2.21. The molecule has 0 fully saturated rings. The van der Waals surface area contributed by atoms with Gasteiger partial charge in [-0.3, -0.25) is 0 Å². The van der Waals surface area contributed by atoms with Crippen LogP contribution in [0.2, 0.25) is 5.02 Å². The van der Waals surface area contributed by atoms with Gasteiger partial charge in [-0.05, 0) is 30.5 Å². The molecule has 1 aromatic carbocycles. The van der Waals surface area contributed by atoms with Gasteiger partial charge in [0.25, 0.3) is 0 Å². The molecule has 18 heavy (non-hydrogen) atoms. The van der Waals surface area contributed by atoms with Crippen LogP contribution in [0.4, 0.5) is 5.69 Å². The molecular weight excluding hydrogens is 264 g/mol. The number of benzene rings is 1. The molecule has 0 amide bonds. The largest absolute Gasteiger partial charge is 0.366 e. The molecule has 0 aliphatic heterocycles. The normalized spacial score (nSPS) is 11.9. The molecule has 0 bridgehead atoms. The van der Waals surface area contributed by atoms with Crippen LogP contribution in [0.1, 0.15) is 23.4 Å². The summed E-state index contributed by atoms with van der Waals surface area (Å²) in [5.41, 5.74) is 1.40. The van der Waals surface area contributed by atoms with Gasteiger partial charge in [0.2, 0.25) is 0 Å². The zero-order valence-electron chi connectivity index (χ0n) is 10.2. The predicted octanol–water partition coefficient (Wildman–Crippen LogP) is 4.47. The van der Waals surface area contributed by atoms with Gasteiger partial charge in [0.1, 0.15) is 6.07 Å². The van der Waals surface area contributed by atoms with E-state index in [0.717, 1.165) is 5.69 Å². The van der Waals surface area contributed by atoms with Gasteiger partial charge < -0.3 is 4.90 Å². The Balaban J connectivity index is 2.38. The second-order valence-corrected chi connectivity index (χ2v) is 5.43. The highest BCUT2D eigenvalue weighted by Crippen LogP contribution is 2.32. The minimum atomic E-state index is 0.218. The summed E-state index contributed by atoms with van der Waals surface area (Å²) in [5, 5.41) is 11.8. The molecule has 2 aromatic rings. The number of halogens is 1. The summed E-state index contributed by atoms with van der Waals surface area (Å²) < 4.78 is 0. The van der Waals surface area contributed by atoms with E-state index < -0.39 is 0 Å². The summed E-state index contributed by atoms with van der Waals surface area (Å²) in [6.07, 6.45) is 0. The lowest BCUT2D eigenvalue weighted by molar-refractivity contribution is 0.753. The number of rotatable bonds is 3. The van der Waals surface area contributed by atoms with Gasteiger partial charge in [0.15, 0.2) is 0 Å². The van der Waals surface area contributed by atoms with Gasteiger partial charge in [0, 0.05) is 11.9 Å². The van der Waals surface area contributed by atoms with Gasteiger partial charge >= 0.3 is 0 Å². The molecule has 1 unspecified atom stereocenters. The average Bonchev–Trinajstić information content (AvgIpc) is 2.90. The number of hydrogen-bond acceptors (Lipinski definition) is 3. The van der Waals surface area contributed by atoms with Crippen molar-refractivity contribution in [3.05, 3.63) is 51.2 Å². The molecule has 0 saturated heterocycles. The van der Waals surface area contributed by atoms with E-state index in [4.69, 9.17) is 11.6 Å². The Labute approximate surface area is 116 Å². The zero-order valence-corrected chi connectivity index (χ0v) is 11.8. The number of nitrogens with zero attached hydrogens (tertiary/aromatic N) is 2. The monoisotopic (exact) mass is 276 g/mol. The minimum Gasteiger partial charge on any atom is -0.366 e. The summed E-state index contributed by atoms with van der Waals surface area (Å²) >= 11 is 7.77. The van der Waals surface area contributed by atoms with Crippen LogP contribution in [0.5, 0.6) is 0 Å². The molecule has 2 nitrogen and oxygen atoms in total. The van der Waals surface area contributed by atoms with Crippen LogP contribution in [-0.4, -0.2) is 7.05 Å². The first-order chi connectivity index (χ1) is 8.65. The third-order valence-corrected chi connectivity index (χ3v) is 4.38. The first-order valence-corrected chi connectivity index (χ1v) is 6.85. The van der Waals surface area contributed by atoms with E-state index in [1.54, 1.807) is 17.4 Å². The highest BCUT2D eigenvalue weighted by atomic mass is 35.5. The van der Waals surface area contributed by atoms with E-state index in [9.17, 15) is 5.26 Å². The standard InChI is InChI=1S/C14H13ClN2S/c1-10(14-7-4-8-18-14)17(2)13-6-3-5-12(15)11(13)9-16/h3-8,10H,1-2H3. The highest BCUT2D eigenvalue weighted by Gasteiger charge is 2.17. The van der Waals surface area contributed by atoms with Crippen molar-refractivity contribution in [3.8, 4) is 6.07 Å². The number of anilines is 1. The maximum atomic E-state index is 9.20. The molecule has 1 aromatic heterocycles. The summed E-state index contributed by atoms with van der Waals surface area (Å²) in [6.45, 7) is 2.12. The van der Waals surface area contributed by atoms with Crippen LogP contribution >= 0.6 is 22.9 Å². The van der Waals surface area contributed by atoms with Crippen molar-refractivity contribution in [1.29, 1.82) is 5.26 Å². The van der Waals surface area contributed by atoms with Crippen LogP contribution < -0.4 is 4.90 Å². The Hall–Kier alpha value is -1.50. The molecule has 0 saturated carbocycles. The first kappa shape index (κ1) is 12.9. The first-order valence-electron chi connectivity index (χ1n) is 5.60. The molecular formula is C14H13ClN2S. The number of thiophene rings is 1. The molecule has 0 aliphatic rings. The fourth-order valence-electron chi connectivity index (χ4n) is 1.85. The molecule has 4 heteroatoms. The fourth-order valence-corrected chi connectivity index (χ4v) is 2.88. The van der Waals surface area contributed by atoms with Crippen LogP contribution in [0, 0.1) is 11.3 Å². The Morgan fingerprint density at radius 1 is 1.33 bits per heavy atom. The zero-order chi connectivity index (χ0) is 13.1. The topological polar surface area (TPSA) is 27.0 Å². The summed E-state index contributed by atoms with van der Waals surface area (Å²) in [5.74, 6) is 0. The van der Waals surface area contributed by atoms with E-state index in [-0.39, 0.29) is 6.04 Å². The Morgan fingerprint density at radius 3 is 2.72 bits per heavy atom. The van der Waals surface area contributed by atoms with E-state index in [0.29, 0.717) is 10.6 Å². The quantitative estimate of drug-likeness (QED) is 0.827. The van der Waals surface area contributed by atoms with Crippen molar-refractivity contribution in [2.75, 3.05) is 11.9 Å². The summed E-state index contributed by atoms with van der Waals surface area (Å²) in [7, 11) is 1.98. The van der Waals surface area contributed by atoms with Crippen molar-refractivity contribution in [3.63, 3.8) is 0 Å². The summed E-state index contributed by atoms with van der Waals surface area (Å²) in [6, 6.07) is 12.1. The van der Waals surface area contributed by atoms with Crippen LogP contribution in [0.3, 0.4) is 0 Å². The van der Waals surface area contributed by atoms with Gasteiger partial charge in [-0.25, -0.2) is 0 Å². The van der Waals surface area contributed by atoms with Crippen molar-refractivity contribution in [2.45, 2.75) is 13.0 Å². The van der Waals surface area contributed by atoms with E-state index in [1.165, 1.54) is 4.88 Å². The van der Waals surface area contributed by atoms with Gasteiger partial charge in [-0.1, -0.05) is 23.7 Å². The number of hydrogen-bond donors (Lipinski definition) is 0. The van der Waals surface area contributed by atoms with E-state index in [2.05, 4.69) is 29.3 Å². The van der Waals surface area contributed by atoms with Gasteiger partial charge in [0.05, 0.1) is 22.3 Å². The fraction of sp³-hybridized carbons (Fsp3) is 0.214. The average molecular weight is 277 g/mol. The van der Waals surface area contributed by atoms with Crippen LogP contribution in [0.15, 0.2) is 35.7 Å². The van der Waals surface area contributed by atoms with Crippen molar-refractivity contribution >= 4 is 28.6 Å². The second-order valence-electron chi connectivity index (χ2n) is 4.05. The third-order valence-electron chi connectivity index (χ3n) is 3.02. The van der Waals surface area contributed by atoms with Crippen molar-refractivity contribution in [1.82, 2.24) is 0 Å². The maximum Gasteiger partial charge on any atom is 0.103 e. The van der Waals surface area contributed by atoms with Crippen LogP contribution in [-0.2, 0) is 0 Å². The SMILES string of the molecule is CC(c1cccs1)N(C)c1cccc(Cl)c1C#N. The molecule has 92 valence electrons. The van der Waals surface area contributed by atoms with Gasteiger partial charge in [-0.2, -0.15) is 5.26 Å². The third kappa shape index (κ3) is 2.35. The Kier molecular flexibility index (Phi) is 3.90. The molecule has 1 atom stereocenters. The molecule has 0 aliphatic carbocycles. The molecule has 0 N–H and O–H groups in total. The molecule has 0 spiro atoms.